The Labute approximate surface area is 200 Å². The molecule has 31 heavy (non-hydrogen) atoms. The van der Waals surface area contributed by atoms with Crippen molar-refractivity contribution >= 4 is 41.8 Å². The van der Waals surface area contributed by atoms with E-state index in [0.29, 0.717) is 19.5 Å². The SMILES string of the molecule is CCNC(=NCCCN1C(=O)C2C3C=CC(C3)C2C1=O)NCCCn1cc(C)cn1.I. The zero-order chi connectivity index (χ0) is 21.1. The van der Waals surface area contributed by atoms with Gasteiger partial charge in [0.15, 0.2) is 5.96 Å². The molecule has 2 N–H and O–H groups in total. The second-order valence-electron chi connectivity index (χ2n) is 8.50. The number of aliphatic imine (C=N–C) groups is 1. The maximum Gasteiger partial charge on any atom is 0.233 e. The van der Waals surface area contributed by atoms with Crippen LogP contribution in [0.2, 0.25) is 0 Å². The Morgan fingerprint density at radius 1 is 1.13 bits per heavy atom. The fourth-order valence-corrected chi connectivity index (χ4v) is 4.98. The van der Waals surface area contributed by atoms with Gasteiger partial charge in [-0.1, -0.05) is 12.2 Å². The summed E-state index contributed by atoms with van der Waals surface area (Å²) in [5.74, 6) is 1.17. The minimum Gasteiger partial charge on any atom is -0.357 e. The molecule has 2 amide bonds. The first-order valence-corrected chi connectivity index (χ1v) is 11.1. The number of guanidine groups is 1. The van der Waals surface area contributed by atoms with Crippen LogP contribution in [-0.2, 0) is 16.1 Å². The lowest BCUT2D eigenvalue weighted by molar-refractivity contribution is -0.140. The van der Waals surface area contributed by atoms with E-state index in [2.05, 4.69) is 32.9 Å². The molecule has 4 unspecified atom stereocenters. The average Bonchev–Trinajstić information content (AvgIpc) is 3.49. The van der Waals surface area contributed by atoms with E-state index < -0.39 is 0 Å². The highest BCUT2D eigenvalue weighted by atomic mass is 127. The van der Waals surface area contributed by atoms with Crippen molar-refractivity contribution in [3.63, 3.8) is 0 Å². The Hall–Kier alpha value is -1.91. The first kappa shape index (κ1) is 23.7. The molecule has 4 atom stereocenters. The van der Waals surface area contributed by atoms with Crippen molar-refractivity contribution in [1.29, 1.82) is 0 Å². The van der Waals surface area contributed by atoms with E-state index in [0.717, 1.165) is 38.4 Å². The van der Waals surface area contributed by atoms with E-state index in [-0.39, 0.29) is 59.5 Å². The summed E-state index contributed by atoms with van der Waals surface area (Å²) in [5.41, 5.74) is 1.17. The van der Waals surface area contributed by atoms with Gasteiger partial charge in [0.25, 0.3) is 0 Å². The molecule has 1 aromatic heterocycles. The lowest BCUT2D eigenvalue weighted by Crippen LogP contribution is -2.38. The van der Waals surface area contributed by atoms with Crippen molar-refractivity contribution in [1.82, 2.24) is 25.3 Å². The molecule has 2 heterocycles. The predicted molar refractivity (Wildman–Crippen MR) is 130 cm³/mol. The Morgan fingerprint density at radius 3 is 2.45 bits per heavy atom. The lowest BCUT2D eigenvalue weighted by atomic mass is 9.85. The average molecular weight is 540 g/mol. The summed E-state index contributed by atoms with van der Waals surface area (Å²) in [5, 5.41) is 10.9. The largest absolute Gasteiger partial charge is 0.357 e. The van der Waals surface area contributed by atoms with Crippen LogP contribution < -0.4 is 10.6 Å². The van der Waals surface area contributed by atoms with Crippen molar-refractivity contribution < 1.29 is 9.59 Å². The van der Waals surface area contributed by atoms with Crippen LogP contribution in [0.1, 0.15) is 31.7 Å². The minimum absolute atomic E-state index is 0. The molecule has 1 saturated heterocycles. The number of imide groups is 1. The fourth-order valence-electron chi connectivity index (χ4n) is 4.98. The molecule has 1 aromatic rings. The van der Waals surface area contributed by atoms with Crippen molar-refractivity contribution in [3.8, 4) is 0 Å². The van der Waals surface area contributed by atoms with Crippen LogP contribution in [0.25, 0.3) is 0 Å². The number of likely N-dealkylation sites (tertiary alicyclic amines) is 1. The second-order valence-corrected chi connectivity index (χ2v) is 8.50. The Bertz CT molecular complexity index is 821. The Kier molecular flexibility index (Phi) is 8.12. The summed E-state index contributed by atoms with van der Waals surface area (Å²) >= 11 is 0. The zero-order valence-electron chi connectivity index (χ0n) is 18.3. The number of carbonyl (C=O) groups is 2. The normalized spacial score (nSPS) is 26.4. The van der Waals surface area contributed by atoms with Crippen LogP contribution in [0.15, 0.2) is 29.5 Å². The lowest BCUT2D eigenvalue weighted by Gasteiger charge is -2.17. The number of nitrogens with zero attached hydrogens (tertiary/aromatic N) is 4. The second kappa shape index (κ2) is 10.6. The number of allylic oxidation sites excluding steroid dienone is 2. The molecule has 8 nitrogen and oxygen atoms in total. The van der Waals surface area contributed by atoms with E-state index >= 15 is 0 Å². The van der Waals surface area contributed by atoms with Gasteiger partial charge in [-0.05, 0) is 50.5 Å². The highest BCUT2D eigenvalue weighted by molar-refractivity contribution is 14.0. The predicted octanol–water partition coefficient (Wildman–Crippen LogP) is 1.95. The molecule has 0 radical (unpaired) electrons. The Morgan fingerprint density at radius 2 is 1.84 bits per heavy atom. The molecule has 2 bridgehead atoms. The summed E-state index contributed by atoms with van der Waals surface area (Å²) in [6.45, 7) is 7.55. The number of nitrogens with one attached hydrogen (secondary N) is 2. The first-order chi connectivity index (χ1) is 14.6. The van der Waals surface area contributed by atoms with Crippen molar-refractivity contribution in [3.05, 3.63) is 30.1 Å². The summed E-state index contributed by atoms with van der Waals surface area (Å²) in [4.78, 5) is 31.5. The van der Waals surface area contributed by atoms with Crippen LogP contribution in [0.5, 0.6) is 0 Å². The number of hydrogen-bond donors (Lipinski definition) is 2. The number of amides is 2. The highest BCUT2D eigenvalue weighted by Gasteiger charge is 2.58. The number of fused-ring (bicyclic) bond motifs is 5. The van der Waals surface area contributed by atoms with Gasteiger partial charge in [-0.2, -0.15) is 5.10 Å². The molecule has 170 valence electrons. The van der Waals surface area contributed by atoms with Gasteiger partial charge in [0.2, 0.25) is 11.8 Å². The standard InChI is InChI=1S/C22H32N6O2.HI/c1-3-23-22(24-8-4-10-27-14-15(2)13-26-27)25-9-5-11-28-20(29)18-16-6-7-17(12-16)19(18)21(28)30;/h6-7,13-14,16-19H,3-5,8-12H2,1-2H3,(H2,23,24,25);1H. The van der Waals surface area contributed by atoms with Crippen LogP contribution in [-0.4, -0.2) is 58.6 Å². The van der Waals surface area contributed by atoms with Gasteiger partial charge in [-0.15, -0.1) is 24.0 Å². The van der Waals surface area contributed by atoms with Gasteiger partial charge < -0.3 is 10.6 Å². The summed E-state index contributed by atoms with van der Waals surface area (Å²) in [6, 6.07) is 0. The molecule has 1 saturated carbocycles. The number of rotatable bonds is 9. The third-order valence-corrected chi connectivity index (χ3v) is 6.33. The van der Waals surface area contributed by atoms with E-state index in [1.165, 1.54) is 10.5 Å². The fraction of sp³-hybridized carbons (Fsp3) is 0.636. The number of aryl methyl sites for hydroxylation is 2. The van der Waals surface area contributed by atoms with Gasteiger partial charge >= 0.3 is 0 Å². The van der Waals surface area contributed by atoms with Crippen molar-refractivity contribution in [2.24, 2.45) is 28.7 Å². The number of carbonyl (C=O) groups excluding carboxylic acids is 2. The van der Waals surface area contributed by atoms with E-state index in [1.807, 2.05) is 30.9 Å². The topological polar surface area (TPSA) is 91.6 Å². The van der Waals surface area contributed by atoms with Gasteiger partial charge in [-0.25, -0.2) is 0 Å². The van der Waals surface area contributed by atoms with Crippen LogP contribution in [0.3, 0.4) is 0 Å². The maximum atomic E-state index is 12.7. The molecule has 9 heteroatoms. The molecule has 2 fully saturated rings. The van der Waals surface area contributed by atoms with E-state index in [1.54, 1.807) is 0 Å². The number of aromatic nitrogens is 2. The van der Waals surface area contributed by atoms with Gasteiger partial charge in [0.05, 0.1) is 18.0 Å². The van der Waals surface area contributed by atoms with Gasteiger partial charge in [0.1, 0.15) is 0 Å². The number of halogens is 1. The van der Waals surface area contributed by atoms with Crippen LogP contribution >= 0.6 is 24.0 Å². The molecular formula is C22H33IN6O2. The molecular weight excluding hydrogens is 507 g/mol. The highest BCUT2D eigenvalue weighted by Crippen LogP contribution is 2.52. The van der Waals surface area contributed by atoms with Crippen molar-refractivity contribution in [2.75, 3.05) is 26.2 Å². The summed E-state index contributed by atoms with van der Waals surface area (Å²) < 4.78 is 1.95. The molecule has 2 aliphatic carbocycles. The van der Waals surface area contributed by atoms with E-state index in [4.69, 9.17) is 0 Å². The van der Waals surface area contributed by atoms with Crippen LogP contribution in [0, 0.1) is 30.6 Å². The summed E-state index contributed by atoms with van der Waals surface area (Å²) in [6.07, 6.45) is 10.8. The smallest absolute Gasteiger partial charge is 0.233 e. The molecule has 3 aliphatic rings. The maximum absolute atomic E-state index is 12.7. The third-order valence-electron chi connectivity index (χ3n) is 6.33. The summed E-state index contributed by atoms with van der Waals surface area (Å²) in [7, 11) is 0. The quantitative estimate of drug-likeness (QED) is 0.125. The molecule has 1 aliphatic heterocycles. The minimum atomic E-state index is -0.103. The molecule has 0 aromatic carbocycles. The first-order valence-electron chi connectivity index (χ1n) is 11.1. The van der Waals surface area contributed by atoms with E-state index in [9.17, 15) is 9.59 Å². The van der Waals surface area contributed by atoms with Crippen LogP contribution in [0.4, 0.5) is 0 Å². The molecule has 4 rings (SSSR count). The monoisotopic (exact) mass is 540 g/mol. The molecule has 0 spiro atoms. The number of hydrogen-bond acceptors (Lipinski definition) is 4. The zero-order valence-corrected chi connectivity index (χ0v) is 20.6. The van der Waals surface area contributed by atoms with Crippen molar-refractivity contribution in [2.45, 2.75) is 39.7 Å². The van der Waals surface area contributed by atoms with Gasteiger partial charge in [0, 0.05) is 38.9 Å². The van der Waals surface area contributed by atoms with Gasteiger partial charge in [-0.3, -0.25) is 24.2 Å². The Balaban J connectivity index is 0.00000272. The third kappa shape index (κ3) is 5.12.